The monoisotopic (exact) mass is 501 g/mol. The van der Waals surface area contributed by atoms with Gasteiger partial charge in [0.1, 0.15) is 11.9 Å². The summed E-state index contributed by atoms with van der Waals surface area (Å²) in [6, 6.07) is 12.1. The Morgan fingerprint density at radius 3 is 2.79 bits per heavy atom. The predicted molar refractivity (Wildman–Crippen MR) is 130 cm³/mol. The van der Waals surface area contributed by atoms with Crippen LogP contribution in [0.15, 0.2) is 53.7 Å². The summed E-state index contributed by atoms with van der Waals surface area (Å²) >= 11 is 11.9. The van der Waals surface area contributed by atoms with E-state index >= 15 is 0 Å². The molecule has 0 aliphatic heterocycles. The average molecular weight is 502 g/mol. The number of benzene rings is 2. The summed E-state index contributed by atoms with van der Waals surface area (Å²) in [7, 11) is 0. The SMILES string of the molecule is C/C(N)=N/c1ncc(Oc2cccc(C3CC3)c2)c(C(=O)NCC(F)c2ccc(Cl)cc2Cl)n1. The number of nitrogens with one attached hydrogen (secondary N) is 1. The van der Waals surface area contributed by atoms with E-state index in [9.17, 15) is 9.18 Å². The first-order valence-electron chi connectivity index (χ1n) is 10.6. The van der Waals surface area contributed by atoms with Gasteiger partial charge >= 0.3 is 0 Å². The minimum atomic E-state index is -1.56. The Morgan fingerprint density at radius 2 is 2.09 bits per heavy atom. The van der Waals surface area contributed by atoms with Gasteiger partial charge in [0.05, 0.1) is 18.6 Å². The van der Waals surface area contributed by atoms with Crippen LogP contribution in [0.4, 0.5) is 10.3 Å². The van der Waals surface area contributed by atoms with Crippen LogP contribution >= 0.6 is 23.2 Å². The molecule has 0 bridgehead atoms. The van der Waals surface area contributed by atoms with Gasteiger partial charge in [-0.05, 0) is 55.5 Å². The maximum absolute atomic E-state index is 14.8. The Morgan fingerprint density at radius 1 is 1.29 bits per heavy atom. The lowest BCUT2D eigenvalue weighted by Crippen LogP contribution is -2.28. The first-order valence-corrected chi connectivity index (χ1v) is 11.4. The summed E-state index contributed by atoms with van der Waals surface area (Å²) in [5.41, 5.74) is 6.91. The number of hydrogen-bond donors (Lipinski definition) is 2. The van der Waals surface area contributed by atoms with Crippen molar-refractivity contribution < 1.29 is 13.9 Å². The van der Waals surface area contributed by atoms with Crippen LogP contribution in [0, 0.1) is 0 Å². The van der Waals surface area contributed by atoms with Gasteiger partial charge in [-0.15, -0.1) is 0 Å². The number of aromatic nitrogens is 2. The smallest absolute Gasteiger partial charge is 0.274 e. The van der Waals surface area contributed by atoms with E-state index in [-0.39, 0.29) is 40.4 Å². The van der Waals surface area contributed by atoms with Crippen molar-refractivity contribution in [2.75, 3.05) is 6.54 Å². The van der Waals surface area contributed by atoms with Crippen LogP contribution in [0.2, 0.25) is 10.0 Å². The van der Waals surface area contributed by atoms with Crippen LogP contribution in [0.1, 0.15) is 53.5 Å². The zero-order valence-electron chi connectivity index (χ0n) is 18.3. The molecule has 1 amide bonds. The first kappa shape index (κ1) is 23.9. The average Bonchev–Trinajstić information content (AvgIpc) is 3.64. The molecular weight excluding hydrogens is 480 g/mol. The van der Waals surface area contributed by atoms with Gasteiger partial charge in [0, 0.05) is 15.6 Å². The highest BCUT2D eigenvalue weighted by molar-refractivity contribution is 6.35. The Labute approximate surface area is 206 Å². The molecule has 176 valence electrons. The number of amides is 1. The van der Waals surface area contributed by atoms with E-state index in [1.165, 1.54) is 30.0 Å². The van der Waals surface area contributed by atoms with Crippen LogP contribution in [0.25, 0.3) is 0 Å². The zero-order valence-corrected chi connectivity index (χ0v) is 19.8. The number of ether oxygens (including phenoxy) is 1. The second-order valence-corrected chi connectivity index (χ2v) is 8.77. The summed E-state index contributed by atoms with van der Waals surface area (Å²) in [6.07, 6.45) is 2.08. The third-order valence-corrected chi connectivity index (χ3v) is 5.67. The van der Waals surface area contributed by atoms with Gasteiger partial charge in [0.15, 0.2) is 11.4 Å². The second-order valence-electron chi connectivity index (χ2n) is 7.93. The summed E-state index contributed by atoms with van der Waals surface area (Å²) in [5.74, 6) is 0.742. The minimum absolute atomic E-state index is 0.0122. The molecule has 1 saturated carbocycles. The fourth-order valence-corrected chi connectivity index (χ4v) is 3.84. The molecule has 1 atom stereocenters. The zero-order chi connectivity index (χ0) is 24.2. The molecule has 10 heteroatoms. The maximum atomic E-state index is 14.8. The molecule has 1 aromatic heterocycles. The summed E-state index contributed by atoms with van der Waals surface area (Å²) in [5, 5.41) is 3.09. The van der Waals surface area contributed by atoms with Gasteiger partial charge in [-0.1, -0.05) is 41.4 Å². The number of halogens is 3. The largest absolute Gasteiger partial charge is 0.453 e. The molecule has 1 unspecified atom stereocenters. The van der Waals surface area contributed by atoms with E-state index in [1.54, 1.807) is 13.0 Å². The maximum Gasteiger partial charge on any atom is 0.274 e. The Bertz CT molecular complexity index is 1250. The molecule has 4 rings (SSSR count). The summed E-state index contributed by atoms with van der Waals surface area (Å²) in [4.78, 5) is 25.2. The van der Waals surface area contributed by atoms with Gasteiger partial charge in [-0.25, -0.2) is 14.4 Å². The lowest BCUT2D eigenvalue weighted by atomic mass is 10.1. The number of carbonyl (C=O) groups excluding carboxylic acids is 1. The van der Waals surface area contributed by atoms with Crippen molar-refractivity contribution in [1.29, 1.82) is 0 Å². The molecule has 7 nitrogen and oxygen atoms in total. The number of rotatable bonds is 8. The van der Waals surface area contributed by atoms with Gasteiger partial charge in [0.2, 0.25) is 0 Å². The van der Waals surface area contributed by atoms with Crippen LogP contribution < -0.4 is 15.8 Å². The molecule has 1 fully saturated rings. The molecule has 0 radical (unpaired) electrons. The summed E-state index contributed by atoms with van der Waals surface area (Å²) in [6.45, 7) is 1.23. The quantitative estimate of drug-likeness (QED) is 0.295. The number of nitrogens with two attached hydrogens (primary N) is 1. The van der Waals surface area contributed by atoms with E-state index in [4.69, 9.17) is 33.7 Å². The molecule has 1 heterocycles. The number of amidine groups is 1. The number of alkyl halides is 1. The third-order valence-electron chi connectivity index (χ3n) is 5.11. The molecular formula is C24H22Cl2FN5O2. The minimum Gasteiger partial charge on any atom is -0.453 e. The van der Waals surface area contributed by atoms with Crippen LogP contribution in [0.5, 0.6) is 11.5 Å². The van der Waals surface area contributed by atoms with Crippen molar-refractivity contribution in [3.8, 4) is 11.5 Å². The van der Waals surface area contributed by atoms with Gasteiger partial charge in [0.25, 0.3) is 11.9 Å². The number of nitrogens with zero attached hydrogens (tertiary/aromatic N) is 3. The predicted octanol–water partition coefficient (Wildman–Crippen LogP) is 5.90. The molecule has 3 N–H and O–H groups in total. The number of aliphatic imine (C=N–C) groups is 1. The van der Waals surface area contributed by atoms with Crippen molar-refractivity contribution in [1.82, 2.24) is 15.3 Å². The molecule has 1 aliphatic rings. The summed E-state index contributed by atoms with van der Waals surface area (Å²) < 4.78 is 20.7. The van der Waals surface area contributed by atoms with E-state index in [2.05, 4.69) is 20.3 Å². The van der Waals surface area contributed by atoms with Crippen LogP contribution in [-0.2, 0) is 0 Å². The second kappa shape index (κ2) is 10.4. The van der Waals surface area contributed by atoms with Crippen molar-refractivity contribution in [2.24, 2.45) is 10.7 Å². The molecule has 1 aliphatic carbocycles. The van der Waals surface area contributed by atoms with Crippen LogP contribution in [0.3, 0.4) is 0 Å². The van der Waals surface area contributed by atoms with E-state index < -0.39 is 12.1 Å². The van der Waals surface area contributed by atoms with Crippen LogP contribution in [-0.4, -0.2) is 28.3 Å². The highest BCUT2D eigenvalue weighted by atomic mass is 35.5. The van der Waals surface area contributed by atoms with Gasteiger partial charge in [-0.2, -0.15) is 4.99 Å². The molecule has 3 aromatic rings. The van der Waals surface area contributed by atoms with Crippen molar-refractivity contribution in [3.05, 3.63) is 75.5 Å². The molecule has 34 heavy (non-hydrogen) atoms. The van der Waals surface area contributed by atoms with Crippen molar-refractivity contribution >= 4 is 40.9 Å². The number of carbonyl (C=O) groups is 1. The molecule has 2 aromatic carbocycles. The lowest BCUT2D eigenvalue weighted by molar-refractivity contribution is 0.0934. The normalized spacial score (nSPS) is 14.5. The first-order chi connectivity index (χ1) is 16.3. The van der Waals surface area contributed by atoms with Crippen molar-refractivity contribution in [3.63, 3.8) is 0 Å². The van der Waals surface area contributed by atoms with Gasteiger partial charge in [-0.3, -0.25) is 4.79 Å². The van der Waals surface area contributed by atoms with E-state index in [0.29, 0.717) is 16.7 Å². The standard InChI is InChI=1S/C24H22Cl2FN5O2/c1-13(28)31-24-30-12-21(34-17-4-2-3-15(9-17)14-5-6-14)22(32-24)23(33)29-11-20(27)18-8-7-16(25)10-19(18)26/h2-4,7-10,12,14,20H,5-6,11H2,1H3,(H,29,33)(H2,28,30,31,32). The fraction of sp³-hybridized carbons (Fsp3) is 0.250. The Balaban J connectivity index is 1.55. The fourth-order valence-electron chi connectivity index (χ4n) is 3.32. The topological polar surface area (TPSA) is 102 Å². The highest BCUT2D eigenvalue weighted by Gasteiger charge is 2.24. The lowest BCUT2D eigenvalue weighted by Gasteiger charge is -2.14. The molecule has 0 saturated heterocycles. The Hall–Kier alpha value is -3.23. The Kier molecular flexibility index (Phi) is 7.29. The number of hydrogen-bond acceptors (Lipinski definition) is 5. The highest BCUT2D eigenvalue weighted by Crippen LogP contribution is 2.41. The molecule has 0 spiro atoms. The third kappa shape index (κ3) is 6.01. The van der Waals surface area contributed by atoms with Crippen molar-refractivity contribution in [2.45, 2.75) is 31.9 Å². The van der Waals surface area contributed by atoms with E-state index in [1.807, 2.05) is 18.2 Å². The van der Waals surface area contributed by atoms with E-state index in [0.717, 1.165) is 12.8 Å². The van der Waals surface area contributed by atoms with Gasteiger partial charge < -0.3 is 15.8 Å².